The van der Waals surface area contributed by atoms with E-state index in [1.165, 1.54) is 0 Å². The van der Waals surface area contributed by atoms with Gasteiger partial charge in [-0.15, -0.1) is 0 Å². The summed E-state index contributed by atoms with van der Waals surface area (Å²) in [5.74, 6) is 2.77. The van der Waals surface area contributed by atoms with Crippen LogP contribution in [0.5, 0.6) is 11.5 Å². The summed E-state index contributed by atoms with van der Waals surface area (Å²) >= 11 is 0. The van der Waals surface area contributed by atoms with Gasteiger partial charge in [-0.3, -0.25) is 0 Å². The van der Waals surface area contributed by atoms with Crippen molar-refractivity contribution >= 4 is 5.82 Å². The second kappa shape index (κ2) is 2.91. The summed E-state index contributed by atoms with van der Waals surface area (Å²) in [5.41, 5.74) is 6.48. The highest BCUT2D eigenvalue weighted by Gasteiger charge is 2.14. The number of nitrogens with zero attached hydrogens (tertiary/aromatic N) is 1. The van der Waals surface area contributed by atoms with Gasteiger partial charge in [0.1, 0.15) is 11.6 Å². The van der Waals surface area contributed by atoms with Crippen LogP contribution >= 0.6 is 0 Å². The molecule has 0 unspecified atom stereocenters. The molecule has 5 nitrogen and oxygen atoms in total. The molecule has 0 bridgehead atoms. The molecule has 5 heteroatoms. The monoisotopic (exact) mass is 203 g/mol. The van der Waals surface area contributed by atoms with Gasteiger partial charge in [-0.2, -0.15) is 0 Å². The minimum atomic E-state index is 0.277. The lowest BCUT2D eigenvalue weighted by Crippen LogP contribution is -1.92. The number of benzene rings is 1. The fourth-order valence-corrected chi connectivity index (χ4v) is 1.53. The lowest BCUT2D eigenvalue weighted by molar-refractivity contribution is 0.174. The SMILES string of the molecule is Nc1cnc(-c2ccc3c(c2)OCO3)[nH]1. The smallest absolute Gasteiger partial charge is 0.231 e. The molecule has 1 aromatic carbocycles. The Hall–Kier alpha value is -2.17. The predicted octanol–water partition coefficient (Wildman–Crippen LogP) is 1.39. The number of nitrogens with two attached hydrogens (primary N) is 1. The minimum Gasteiger partial charge on any atom is -0.454 e. The van der Waals surface area contributed by atoms with Crippen LogP contribution in [0.15, 0.2) is 24.4 Å². The first-order chi connectivity index (χ1) is 7.33. The Morgan fingerprint density at radius 2 is 2.13 bits per heavy atom. The van der Waals surface area contributed by atoms with Gasteiger partial charge in [-0.05, 0) is 18.2 Å². The Morgan fingerprint density at radius 3 is 2.93 bits per heavy atom. The third kappa shape index (κ3) is 1.28. The Kier molecular flexibility index (Phi) is 1.58. The molecule has 76 valence electrons. The van der Waals surface area contributed by atoms with Gasteiger partial charge >= 0.3 is 0 Å². The third-order valence-electron chi connectivity index (χ3n) is 2.24. The molecule has 3 rings (SSSR count). The van der Waals surface area contributed by atoms with Crippen molar-refractivity contribution in [1.29, 1.82) is 0 Å². The molecular weight excluding hydrogens is 194 g/mol. The van der Waals surface area contributed by atoms with Gasteiger partial charge in [0.2, 0.25) is 6.79 Å². The molecule has 1 aromatic heterocycles. The van der Waals surface area contributed by atoms with Gasteiger partial charge in [0.15, 0.2) is 11.5 Å². The van der Waals surface area contributed by atoms with Crippen molar-refractivity contribution in [2.45, 2.75) is 0 Å². The van der Waals surface area contributed by atoms with Crippen LogP contribution in [0.25, 0.3) is 11.4 Å². The van der Waals surface area contributed by atoms with Crippen molar-refractivity contribution in [3.05, 3.63) is 24.4 Å². The van der Waals surface area contributed by atoms with E-state index in [0.717, 1.165) is 22.9 Å². The summed E-state index contributed by atoms with van der Waals surface area (Å²) in [7, 11) is 0. The fraction of sp³-hybridized carbons (Fsp3) is 0.100. The van der Waals surface area contributed by atoms with Crippen molar-refractivity contribution in [2.24, 2.45) is 0 Å². The third-order valence-corrected chi connectivity index (χ3v) is 2.24. The van der Waals surface area contributed by atoms with Crippen LogP contribution in [0.4, 0.5) is 5.82 Å². The van der Waals surface area contributed by atoms with E-state index in [4.69, 9.17) is 15.2 Å². The number of H-pyrrole nitrogens is 1. The molecule has 0 aliphatic carbocycles. The number of nitrogens with one attached hydrogen (secondary N) is 1. The van der Waals surface area contributed by atoms with Crippen molar-refractivity contribution in [3.8, 4) is 22.9 Å². The van der Waals surface area contributed by atoms with Gasteiger partial charge in [-0.25, -0.2) is 4.98 Å². The molecule has 0 radical (unpaired) electrons. The quantitative estimate of drug-likeness (QED) is 0.734. The number of aromatic amines is 1. The minimum absolute atomic E-state index is 0.277. The molecular formula is C10H9N3O2. The molecule has 3 N–H and O–H groups in total. The van der Waals surface area contributed by atoms with Crippen LogP contribution in [0.2, 0.25) is 0 Å². The number of ether oxygens (including phenoxy) is 2. The highest BCUT2D eigenvalue weighted by atomic mass is 16.7. The van der Waals surface area contributed by atoms with Gasteiger partial charge in [0, 0.05) is 5.56 Å². The first kappa shape index (κ1) is 8.16. The zero-order valence-electron chi connectivity index (χ0n) is 7.86. The fourth-order valence-electron chi connectivity index (χ4n) is 1.53. The van der Waals surface area contributed by atoms with E-state index in [1.54, 1.807) is 6.20 Å². The highest BCUT2D eigenvalue weighted by Crippen LogP contribution is 2.35. The van der Waals surface area contributed by atoms with E-state index in [1.807, 2.05) is 18.2 Å². The van der Waals surface area contributed by atoms with Crippen LogP contribution in [-0.4, -0.2) is 16.8 Å². The number of hydrogen-bond donors (Lipinski definition) is 2. The summed E-state index contributed by atoms with van der Waals surface area (Å²) in [4.78, 5) is 7.09. The van der Waals surface area contributed by atoms with E-state index in [-0.39, 0.29) is 6.79 Å². The lowest BCUT2D eigenvalue weighted by Gasteiger charge is -1.99. The van der Waals surface area contributed by atoms with E-state index < -0.39 is 0 Å². The standard InChI is InChI=1S/C10H9N3O2/c11-9-4-12-10(13-9)6-1-2-7-8(3-6)15-5-14-7/h1-4H,5,11H2,(H,12,13). The maximum absolute atomic E-state index is 5.55. The highest BCUT2D eigenvalue weighted by molar-refractivity contribution is 5.62. The number of anilines is 1. The molecule has 2 heterocycles. The number of hydrogen-bond acceptors (Lipinski definition) is 4. The summed E-state index contributed by atoms with van der Waals surface area (Å²) in [6.07, 6.45) is 1.58. The van der Waals surface area contributed by atoms with Gasteiger partial charge in [0.25, 0.3) is 0 Å². The van der Waals surface area contributed by atoms with Crippen LogP contribution < -0.4 is 15.2 Å². The molecule has 15 heavy (non-hydrogen) atoms. The topological polar surface area (TPSA) is 73.2 Å². The van der Waals surface area contributed by atoms with Crippen LogP contribution in [0.3, 0.4) is 0 Å². The summed E-state index contributed by atoms with van der Waals surface area (Å²) in [6.45, 7) is 0.277. The second-order valence-corrected chi connectivity index (χ2v) is 3.26. The van der Waals surface area contributed by atoms with E-state index in [2.05, 4.69) is 9.97 Å². The molecule has 2 aromatic rings. The average molecular weight is 203 g/mol. The zero-order valence-corrected chi connectivity index (χ0v) is 7.86. The molecule has 0 atom stereocenters. The van der Waals surface area contributed by atoms with E-state index in [9.17, 15) is 0 Å². The first-order valence-electron chi connectivity index (χ1n) is 4.53. The molecule has 1 aliphatic heterocycles. The van der Waals surface area contributed by atoms with E-state index >= 15 is 0 Å². The molecule has 0 fully saturated rings. The zero-order chi connectivity index (χ0) is 10.3. The summed E-state index contributed by atoms with van der Waals surface area (Å²) in [5, 5.41) is 0. The van der Waals surface area contributed by atoms with Crippen molar-refractivity contribution < 1.29 is 9.47 Å². The molecule has 0 saturated carbocycles. The normalized spacial score (nSPS) is 13.1. The van der Waals surface area contributed by atoms with Gasteiger partial charge in [-0.1, -0.05) is 0 Å². The predicted molar refractivity (Wildman–Crippen MR) is 54.6 cm³/mol. The van der Waals surface area contributed by atoms with Gasteiger partial charge < -0.3 is 20.2 Å². The van der Waals surface area contributed by atoms with E-state index in [0.29, 0.717) is 5.82 Å². The summed E-state index contributed by atoms with van der Waals surface area (Å²) < 4.78 is 10.5. The number of fused-ring (bicyclic) bond motifs is 1. The molecule has 0 saturated heterocycles. The second-order valence-electron chi connectivity index (χ2n) is 3.26. The largest absolute Gasteiger partial charge is 0.454 e. The average Bonchev–Trinajstić information content (AvgIpc) is 2.84. The van der Waals surface area contributed by atoms with Crippen molar-refractivity contribution in [1.82, 2.24) is 9.97 Å². The van der Waals surface area contributed by atoms with Gasteiger partial charge in [0.05, 0.1) is 6.20 Å². The maximum atomic E-state index is 5.55. The molecule has 1 aliphatic rings. The Morgan fingerprint density at radius 1 is 1.27 bits per heavy atom. The Labute approximate surface area is 85.8 Å². The number of rotatable bonds is 1. The van der Waals surface area contributed by atoms with Crippen LogP contribution in [0.1, 0.15) is 0 Å². The Balaban J connectivity index is 2.06. The summed E-state index contributed by atoms with van der Waals surface area (Å²) in [6, 6.07) is 5.64. The van der Waals surface area contributed by atoms with Crippen LogP contribution in [-0.2, 0) is 0 Å². The maximum Gasteiger partial charge on any atom is 0.231 e. The molecule has 0 spiro atoms. The Bertz CT molecular complexity index is 507. The first-order valence-corrected chi connectivity index (χ1v) is 4.53. The van der Waals surface area contributed by atoms with Crippen LogP contribution in [0, 0.1) is 0 Å². The number of nitrogen functional groups attached to an aromatic ring is 1. The number of aromatic nitrogens is 2. The van der Waals surface area contributed by atoms with Crippen molar-refractivity contribution in [3.63, 3.8) is 0 Å². The van der Waals surface area contributed by atoms with Crippen molar-refractivity contribution in [2.75, 3.05) is 12.5 Å². The lowest BCUT2D eigenvalue weighted by atomic mass is 10.2. The molecule has 0 amide bonds. The number of imidazole rings is 1.